The number of amides is 1. The average Bonchev–Trinajstić information content (AvgIpc) is 3.01. The molecule has 6 heteroatoms. The number of fused-ring (bicyclic) bond motifs is 1. The molecule has 0 N–H and O–H groups in total. The Hall–Kier alpha value is -1.30. The van der Waals surface area contributed by atoms with Gasteiger partial charge in [0.25, 0.3) is 0 Å². The molecule has 3 fully saturated rings. The van der Waals surface area contributed by atoms with Crippen molar-refractivity contribution in [2.75, 3.05) is 19.7 Å². The number of carbonyl (C=O) groups excluding carboxylic acids is 2. The molecule has 124 valence electrons. The first kappa shape index (κ1) is 15.6. The predicted octanol–water partition coefficient (Wildman–Crippen LogP) is 2.11. The SMILES string of the molecule is CCOC(=O)[C@]12CC[C@@]3(CN(C(=O)OC(C)(C)C)C[C@H]3C1)O2. The molecule has 0 aliphatic carbocycles. The van der Waals surface area contributed by atoms with Gasteiger partial charge in [0.15, 0.2) is 5.60 Å². The van der Waals surface area contributed by atoms with Crippen LogP contribution in [0.2, 0.25) is 0 Å². The fraction of sp³-hybridized carbons (Fsp3) is 0.875. The van der Waals surface area contributed by atoms with Gasteiger partial charge in [0, 0.05) is 12.5 Å². The van der Waals surface area contributed by atoms with Crippen molar-refractivity contribution in [2.45, 2.75) is 63.8 Å². The van der Waals surface area contributed by atoms with Crippen LogP contribution in [0.5, 0.6) is 0 Å². The lowest BCUT2D eigenvalue weighted by atomic mass is 9.76. The van der Waals surface area contributed by atoms with Crippen LogP contribution >= 0.6 is 0 Å². The molecule has 3 aliphatic heterocycles. The van der Waals surface area contributed by atoms with E-state index >= 15 is 0 Å². The number of rotatable bonds is 2. The van der Waals surface area contributed by atoms with Crippen LogP contribution in [0.4, 0.5) is 4.79 Å². The van der Waals surface area contributed by atoms with Crippen molar-refractivity contribution in [1.29, 1.82) is 0 Å². The summed E-state index contributed by atoms with van der Waals surface area (Å²) >= 11 is 0. The van der Waals surface area contributed by atoms with Crippen LogP contribution in [-0.2, 0) is 19.0 Å². The molecular formula is C16H25NO5. The topological polar surface area (TPSA) is 65.1 Å². The van der Waals surface area contributed by atoms with Crippen LogP contribution in [0.15, 0.2) is 0 Å². The molecule has 1 spiro atoms. The molecule has 2 bridgehead atoms. The third-order valence-corrected chi connectivity index (χ3v) is 4.87. The maximum absolute atomic E-state index is 12.2. The minimum Gasteiger partial charge on any atom is -0.464 e. The van der Waals surface area contributed by atoms with Gasteiger partial charge >= 0.3 is 12.1 Å². The molecule has 0 unspecified atom stereocenters. The van der Waals surface area contributed by atoms with Crippen molar-refractivity contribution < 1.29 is 23.8 Å². The summed E-state index contributed by atoms with van der Waals surface area (Å²) < 4.78 is 16.8. The summed E-state index contributed by atoms with van der Waals surface area (Å²) in [5.41, 5.74) is -1.66. The summed E-state index contributed by atoms with van der Waals surface area (Å²) in [5, 5.41) is 0. The van der Waals surface area contributed by atoms with Gasteiger partial charge < -0.3 is 19.1 Å². The first-order valence-corrected chi connectivity index (χ1v) is 8.05. The zero-order valence-corrected chi connectivity index (χ0v) is 13.8. The lowest BCUT2D eigenvalue weighted by Gasteiger charge is -2.27. The van der Waals surface area contributed by atoms with Crippen LogP contribution in [0, 0.1) is 5.92 Å². The molecule has 0 aromatic heterocycles. The number of carbonyl (C=O) groups is 2. The van der Waals surface area contributed by atoms with Gasteiger partial charge in [-0.05, 0) is 47.0 Å². The van der Waals surface area contributed by atoms with Crippen molar-refractivity contribution in [1.82, 2.24) is 4.90 Å². The second kappa shape index (κ2) is 4.85. The molecule has 0 radical (unpaired) electrons. The van der Waals surface area contributed by atoms with E-state index in [4.69, 9.17) is 14.2 Å². The summed E-state index contributed by atoms with van der Waals surface area (Å²) in [6.45, 7) is 8.85. The van der Waals surface area contributed by atoms with Crippen molar-refractivity contribution in [3.05, 3.63) is 0 Å². The second-order valence-corrected chi connectivity index (χ2v) is 7.64. The Morgan fingerprint density at radius 3 is 2.64 bits per heavy atom. The van der Waals surface area contributed by atoms with Gasteiger partial charge in [-0.1, -0.05) is 0 Å². The number of hydrogen-bond donors (Lipinski definition) is 0. The summed E-state index contributed by atoms with van der Waals surface area (Å²) in [6.07, 6.45) is 1.83. The molecule has 22 heavy (non-hydrogen) atoms. The quantitative estimate of drug-likeness (QED) is 0.731. The van der Waals surface area contributed by atoms with Crippen molar-refractivity contribution in [3.63, 3.8) is 0 Å². The van der Waals surface area contributed by atoms with E-state index in [0.717, 1.165) is 6.42 Å². The molecule has 6 nitrogen and oxygen atoms in total. The maximum atomic E-state index is 12.2. The Bertz CT molecular complexity index is 499. The second-order valence-electron chi connectivity index (χ2n) is 7.64. The molecule has 1 amide bonds. The standard InChI is InChI=1S/C16H25NO5/c1-5-20-12(18)15-6-7-16(22-15)10-17(9-11(16)8-15)13(19)21-14(2,3)4/h11H,5-10H2,1-4H3/t11-,15+,16+/m1/s1. The Labute approximate surface area is 131 Å². The van der Waals surface area contributed by atoms with Crippen molar-refractivity contribution in [2.24, 2.45) is 5.92 Å². The Kier molecular flexibility index (Phi) is 3.43. The predicted molar refractivity (Wildman–Crippen MR) is 78.3 cm³/mol. The molecule has 3 rings (SSSR count). The van der Waals surface area contributed by atoms with E-state index in [9.17, 15) is 9.59 Å². The van der Waals surface area contributed by atoms with Crippen molar-refractivity contribution >= 4 is 12.1 Å². The minimum atomic E-state index is -0.777. The molecule has 3 saturated heterocycles. The fourth-order valence-electron chi connectivity index (χ4n) is 4.00. The molecule has 0 saturated carbocycles. The van der Waals surface area contributed by atoms with Crippen LogP contribution < -0.4 is 0 Å². The summed E-state index contributed by atoms with van der Waals surface area (Å²) in [5.74, 6) is -0.0525. The molecule has 0 aromatic rings. The summed E-state index contributed by atoms with van der Waals surface area (Å²) in [4.78, 5) is 26.2. The molecule has 3 heterocycles. The van der Waals surface area contributed by atoms with Gasteiger partial charge in [-0.2, -0.15) is 0 Å². The first-order chi connectivity index (χ1) is 10.2. The normalized spacial score (nSPS) is 36.4. The monoisotopic (exact) mass is 311 g/mol. The van der Waals surface area contributed by atoms with E-state index in [0.29, 0.717) is 32.5 Å². The zero-order valence-electron chi connectivity index (χ0n) is 13.8. The van der Waals surface area contributed by atoms with Gasteiger partial charge in [-0.3, -0.25) is 0 Å². The molecular weight excluding hydrogens is 286 g/mol. The van der Waals surface area contributed by atoms with Crippen LogP contribution in [0.1, 0.15) is 47.0 Å². The molecule has 3 atom stereocenters. The lowest BCUT2D eigenvalue weighted by molar-refractivity contribution is -0.168. The van der Waals surface area contributed by atoms with E-state index in [2.05, 4.69) is 0 Å². The largest absolute Gasteiger partial charge is 0.464 e. The Morgan fingerprint density at radius 1 is 1.32 bits per heavy atom. The van der Waals surface area contributed by atoms with Gasteiger partial charge in [0.1, 0.15) is 5.60 Å². The zero-order chi connectivity index (χ0) is 16.2. The number of ether oxygens (including phenoxy) is 3. The average molecular weight is 311 g/mol. The van der Waals surface area contributed by atoms with E-state index in [1.54, 1.807) is 11.8 Å². The first-order valence-electron chi connectivity index (χ1n) is 8.05. The highest BCUT2D eigenvalue weighted by Crippen LogP contribution is 2.57. The van der Waals surface area contributed by atoms with Crippen LogP contribution in [0.3, 0.4) is 0 Å². The number of nitrogens with zero attached hydrogens (tertiary/aromatic N) is 1. The maximum Gasteiger partial charge on any atom is 0.410 e. The van der Waals surface area contributed by atoms with E-state index in [1.807, 2.05) is 20.8 Å². The van der Waals surface area contributed by atoms with Gasteiger partial charge in [0.2, 0.25) is 0 Å². The number of likely N-dealkylation sites (tertiary alicyclic amines) is 1. The molecule has 3 aliphatic rings. The third-order valence-electron chi connectivity index (χ3n) is 4.87. The highest BCUT2D eigenvalue weighted by molar-refractivity contribution is 5.81. The van der Waals surface area contributed by atoms with E-state index in [1.165, 1.54) is 0 Å². The fourth-order valence-corrected chi connectivity index (χ4v) is 4.00. The number of hydrogen-bond acceptors (Lipinski definition) is 5. The Morgan fingerprint density at radius 2 is 2.05 bits per heavy atom. The van der Waals surface area contributed by atoms with Gasteiger partial charge in [0.05, 0.1) is 18.8 Å². The Balaban J connectivity index is 1.68. The number of esters is 1. The van der Waals surface area contributed by atoms with Crippen molar-refractivity contribution in [3.8, 4) is 0 Å². The van der Waals surface area contributed by atoms with E-state index < -0.39 is 11.2 Å². The van der Waals surface area contributed by atoms with Crippen LogP contribution in [0.25, 0.3) is 0 Å². The minimum absolute atomic E-state index is 0.193. The van der Waals surface area contributed by atoms with E-state index in [-0.39, 0.29) is 23.6 Å². The summed E-state index contributed by atoms with van der Waals surface area (Å²) in [7, 11) is 0. The third kappa shape index (κ3) is 2.37. The lowest BCUT2D eigenvalue weighted by Crippen LogP contribution is -2.41. The molecule has 0 aromatic carbocycles. The highest BCUT2D eigenvalue weighted by Gasteiger charge is 2.68. The summed E-state index contributed by atoms with van der Waals surface area (Å²) in [6, 6.07) is 0. The van der Waals surface area contributed by atoms with Gasteiger partial charge in [-0.15, -0.1) is 0 Å². The van der Waals surface area contributed by atoms with Crippen LogP contribution in [-0.4, -0.2) is 53.5 Å². The highest BCUT2D eigenvalue weighted by atomic mass is 16.6. The smallest absolute Gasteiger partial charge is 0.410 e. The van der Waals surface area contributed by atoms with Gasteiger partial charge in [-0.25, -0.2) is 9.59 Å².